The van der Waals surface area contributed by atoms with Gasteiger partial charge in [0.2, 0.25) is 0 Å². The van der Waals surface area contributed by atoms with Crippen molar-refractivity contribution in [3.05, 3.63) is 29.6 Å². The molecule has 3 heteroatoms. The van der Waals surface area contributed by atoms with Gasteiger partial charge >= 0.3 is 0 Å². The summed E-state index contributed by atoms with van der Waals surface area (Å²) >= 11 is 0. The molecule has 1 aromatic heterocycles. The lowest BCUT2D eigenvalue weighted by Crippen LogP contribution is -2.33. The molecule has 1 aromatic rings. The Labute approximate surface area is 110 Å². The van der Waals surface area contributed by atoms with Gasteiger partial charge in [0.1, 0.15) is 0 Å². The van der Waals surface area contributed by atoms with Gasteiger partial charge in [-0.05, 0) is 57.2 Å². The summed E-state index contributed by atoms with van der Waals surface area (Å²) in [5, 5.41) is 3.73. The fraction of sp³-hybridized carbons (Fsp3) is 0.667. The van der Waals surface area contributed by atoms with E-state index >= 15 is 0 Å². The van der Waals surface area contributed by atoms with E-state index in [2.05, 4.69) is 23.3 Å². The van der Waals surface area contributed by atoms with E-state index in [1.54, 1.807) is 0 Å². The van der Waals surface area contributed by atoms with Crippen LogP contribution in [0.3, 0.4) is 0 Å². The van der Waals surface area contributed by atoms with Crippen molar-refractivity contribution in [1.82, 2.24) is 10.3 Å². The Balaban J connectivity index is 1.90. The second kappa shape index (κ2) is 6.86. The number of unbranched alkanes of at least 4 members (excludes halogenated alkanes) is 1. The van der Waals surface area contributed by atoms with Gasteiger partial charge in [0.05, 0.1) is 5.69 Å². The monoisotopic (exact) mass is 247 g/mol. The number of nitrogens with one attached hydrogen (secondary N) is 1. The minimum Gasteiger partial charge on any atom is -0.330 e. The molecule has 2 unspecified atom stereocenters. The molecule has 3 N–H and O–H groups in total. The van der Waals surface area contributed by atoms with Crippen molar-refractivity contribution < 1.29 is 0 Å². The van der Waals surface area contributed by atoms with Gasteiger partial charge in [0, 0.05) is 18.3 Å². The molecular weight excluding hydrogens is 222 g/mol. The molecule has 0 saturated carbocycles. The van der Waals surface area contributed by atoms with Gasteiger partial charge in [-0.25, -0.2) is 0 Å². The third-order valence-electron chi connectivity index (χ3n) is 3.77. The average molecular weight is 247 g/mol. The van der Waals surface area contributed by atoms with Crippen molar-refractivity contribution >= 4 is 0 Å². The number of hydrogen-bond donors (Lipinski definition) is 2. The van der Waals surface area contributed by atoms with Crippen molar-refractivity contribution in [3.8, 4) is 0 Å². The maximum atomic E-state index is 5.53. The Morgan fingerprint density at radius 3 is 3.22 bits per heavy atom. The van der Waals surface area contributed by atoms with Crippen LogP contribution in [0, 0.1) is 0 Å². The zero-order valence-electron chi connectivity index (χ0n) is 11.4. The molecular formula is C15H25N3. The number of rotatable bonds is 6. The first-order valence-electron chi connectivity index (χ1n) is 7.21. The largest absolute Gasteiger partial charge is 0.330 e. The van der Waals surface area contributed by atoms with Crippen molar-refractivity contribution in [2.75, 3.05) is 6.54 Å². The summed E-state index contributed by atoms with van der Waals surface area (Å²) in [5.41, 5.74) is 8.23. The molecule has 0 aromatic carbocycles. The number of aromatic nitrogens is 1. The maximum Gasteiger partial charge on any atom is 0.0605 e. The lowest BCUT2D eigenvalue weighted by atomic mass is 9.91. The summed E-state index contributed by atoms with van der Waals surface area (Å²) in [4.78, 5) is 4.57. The smallest absolute Gasteiger partial charge is 0.0605 e. The second-order valence-electron chi connectivity index (χ2n) is 5.34. The van der Waals surface area contributed by atoms with Gasteiger partial charge in [-0.15, -0.1) is 0 Å². The van der Waals surface area contributed by atoms with Crippen LogP contribution in [0.1, 0.15) is 56.3 Å². The van der Waals surface area contributed by atoms with Gasteiger partial charge in [-0.3, -0.25) is 4.98 Å². The Morgan fingerprint density at radius 1 is 1.50 bits per heavy atom. The molecule has 0 amide bonds. The number of nitrogens with two attached hydrogens (primary N) is 1. The van der Waals surface area contributed by atoms with Crippen LogP contribution in [-0.2, 0) is 6.42 Å². The molecule has 0 saturated heterocycles. The minimum atomic E-state index is 0.447. The van der Waals surface area contributed by atoms with Gasteiger partial charge < -0.3 is 11.1 Å². The number of hydrogen-bond acceptors (Lipinski definition) is 3. The molecule has 0 fully saturated rings. The molecule has 0 aliphatic heterocycles. The first-order valence-corrected chi connectivity index (χ1v) is 7.21. The van der Waals surface area contributed by atoms with Crippen LogP contribution in [0.15, 0.2) is 18.3 Å². The zero-order valence-corrected chi connectivity index (χ0v) is 11.4. The van der Waals surface area contributed by atoms with Crippen molar-refractivity contribution in [2.45, 2.75) is 57.5 Å². The van der Waals surface area contributed by atoms with Gasteiger partial charge in [-0.2, -0.15) is 0 Å². The molecule has 1 aliphatic rings. The van der Waals surface area contributed by atoms with Crippen molar-refractivity contribution in [3.63, 3.8) is 0 Å². The third-order valence-corrected chi connectivity index (χ3v) is 3.77. The fourth-order valence-electron chi connectivity index (χ4n) is 2.79. The average Bonchev–Trinajstić information content (AvgIpc) is 2.39. The van der Waals surface area contributed by atoms with Crippen LogP contribution in [-0.4, -0.2) is 17.6 Å². The standard InChI is InChI=1S/C15H25N3/c1-12(6-2-3-10-16)18-14-9-4-7-13-8-5-11-17-15(13)14/h5,8,11-12,14,18H,2-4,6-7,9-10,16H2,1H3. The van der Waals surface area contributed by atoms with Crippen LogP contribution in [0.25, 0.3) is 0 Å². The van der Waals surface area contributed by atoms with Crippen LogP contribution in [0.4, 0.5) is 0 Å². The summed E-state index contributed by atoms with van der Waals surface area (Å²) in [7, 11) is 0. The Kier molecular flexibility index (Phi) is 5.14. The highest BCUT2D eigenvalue weighted by molar-refractivity contribution is 5.25. The molecule has 100 valence electrons. The van der Waals surface area contributed by atoms with E-state index in [0.29, 0.717) is 12.1 Å². The van der Waals surface area contributed by atoms with Crippen LogP contribution >= 0.6 is 0 Å². The van der Waals surface area contributed by atoms with Crippen LogP contribution in [0.5, 0.6) is 0 Å². The van der Waals surface area contributed by atoms with E-state index in [9.17, 15) is 0 Å². The third kappa shape index (κ3) is 3.53. The lowest BCUT2D eigenvalue weighted by Gasteiger charge is -2.28. The molecule has 3 nitrogen and oxygen atoms in total. The summed E-state index contributed by atoms with van der Waals surface area (Å²) < 4.78 is 0. The summed E-state index contributed by atoms with van der Waals surface area (Å²) in [5.74, 6) is 0. The summed E-state index contributed by atoms with van der Waals surface area (Å²) in [6.45, 7) is 3.08. The molecule has 0 radical (unpaired) electrons. The molecule has 18 heavy (non-hydrogen) atoms. The van der Waals surface area contributed by atoms with E-state index in [-0.39, 0.29) is 0 Å². The number of fused-ring (bicyclic) bond motifs is 1. The maximum absolute atomic E-state index is 5.53. The molecule has 1 aliphatic carbocycles. The zero-order chi connectivity index (χ0) is 12.8. The number of pyridine rings is 1. The van der Waals surface area contributed by atoms with Gasteiger partial charge in [-0.1, -0.05) is 12.5 Å². The van der Waals surface area contributed by atoms with Crippen molar-refractivity contribution in [1.29, 1.82) is 0 Å². The topological polar surface area (TPSA) is 50.9 Å². The van der Waals surface area contributed by atoms with Crippen LogP contribution in [0.2, 0.25) is 0 Å². The summed E-state index contributed by atoms with van der Waals surface area (Å²) in [6.07, 6.45) is 9.13. The first kappa shape index (κ1) is 13.5. The first-order chi connectivity index (χ1) is 8.81. The van der Waals surface area contributed by atoms with E-state index in [1.807, 2.05) is 12.3 Å². The predicted octanol–water partition coefficient (Wildman–Crippen LogP) is 2.57. The Bertz CT molecular complexity index is 365. The normalized spacial score (nSPS) is 20.4. The van der Waals surface area contributed by atoms with Crippen molar-refractivity contribution in [2.24, 2.45) is 5.73 Å². The predicted molar refractivity (Wildman–Crippen MR) is 75.4 cm³/mol. The fourth-order valence-corrected chi connectivity index (χ4v) is 2.79. The summed E-state index contributed by atoms with van der Waals surface area (Å²) in [6, 6.07) is 5.26. The van der Waals surface area contributed by atoms with Crippen LogP contribution < -0.4 is 11.1 Å². The van der Waals surface area contributed by atoms with Gasteiger partial charge in [0.15, 0.2) is 0 Å². The molecule has 1 heterocycles. The van der Waals surface area contributed by atoms with E-state index in [0.717, 1.165) is 13.0 Å². The highest BCUT2D eigenvalue weighted by atomic mass is 15.0. The van der Waals surface area contributed by atoms with E-state index in [4.69, 9.17) is 5.73 Å². The molecule has 0 bridgehead atoms. The Morgan fingerprint density at radius 2 is 2.39 bits per heavy atom. The SMILES string of the molecule is CC(CCCCN)NC1CCCc2cccnc21. The molecule has 2 rings (SSSR count). The quantitative estimate of drug-likeness (QED) is 0.760. The minimum absolute atomic E-state index is 0.447. The highest BCUT2D eigenvalue weighted by Crippen LogP contribution is 2.28. The highest BCUT2D eigenvalue weighted by Gasteiger charge is 2.22. The lowest BCUT2D eigenvalue weighted by molar-refractivity contribution is 0.381. The second-order valence-corrected chi connectivity index (χ2v) is 5.34. The van der Waals surface area contributed by atoms with E-state index in [1.165, 1.54) is 43.4 Å². The molecule has 0 spiro atoms. The van der Waals surface area contributed by atoms with E-state index < -0.39 is 0 Å². The molecule has 2 atom stereocenters. The number of nitrogens with zero attached hydrogens (tertiary/aromatic N) is 1. The Hall–Kier alpha value is -0.930. The van der Waals surface area contributed by atoms with Gasteiger partial charge in [0.25, 0.3) is 0 Å². The number of aryl methyl sites for hydroxylation is 1.